The Hall–Kier alpha value is -0.570. The fourth-order valence-corrected chi connectivity index (χ4v) is 5.85. The van der Waals surface area contributed by atoms with Gasteiger partial charge in [-0.2, -0.15) is 0 Å². The number of benzene rings is 1. The van der Waals surface area contributed by atoms with Crippen LogP contribution in [0.2, 0.25) is 0 Å². The van der Waals surface area contributed by atoms with E-state index in [9.17, 15) is 4.39 Å². The van der Waals surface area contributed by atoms with Crippen LogP contribution in [0, 0.1) is 35.4 Å². The second-order valence-corrected chi connectivity index (χ2v) is 7.35. The lowest BCUT2D eigenvalue weighted by Crippen LogP contribution is -2.04. The van der Waals surface area contributed by atoms with Crippen LogP contribution in [-0.4, -0.2) is 7.11 Å². The van der Waals surface area contributed by atoms with Gasteiger partial charge in [-0.15, -0.1) is 0 Å². The number of fused-ring (bicyclic) bond motifs is 5. The monoisotopic (exact) mass is 324 g/mol. The van der Waals surface area contributed by atoms with Gasteiger partial charge in [0, 0.05) is 4.83 Å². The van der Waals surface area contributed by atoms with E-state index in [4.69, 9.17) is 4.74 Å². The van der Waals surface area contributed by atoms with Crippen LogP contribution in [0.4, 0.5) is 4.39 Å². The van der Waals surface area contributed by atoms with Crippen LogP contribution >= 0.6 is 15.9 Å². The molecule has 0 amide bonds. The summed E-state index contributed by atoms with van der Waals surface area (Å²) in [6, 6.07) is 5.37. The van der Waals surface area contributed by atoms with Crippen molar-refractivity contribution in [1.29, 1.82) is 0 Å². The Morgan fingerprint density at radius 2 is 1.95 bits per heavy atom. The number of alkyl halides is 1. The Morgan fingerprint density at radius 3 is 2.53 bits per heavy atom. The lowest BCUT2D eigenvalue weighted by atomic mass is 9.97. The van der Waals surface area contributed by atoms with Gasteiger partial charge in [-0.05, 0) is 66.5 Å². The minimum Gasteiger partial charge on any atom is -0.494 e. The lowest BCUT2D eigenvalue weighted by molar-refractivity contribution is 0.385. The molecule has 0 aliphatic heterocycles. The van der Waals surface area contributed by atoms with Crippen LogP contribution in [0.25, 0.3) is 0 Å². The van der Waals surface area contributed by atoms with Gasteiger partial charge in [-0.3, -0.25) is 0 Å². The molecule has 0 aromatic heterocycles. The van der Waals surface area contributed by atoms with E-state index in [-0.39, 0.29) is 5.82 Å². The van der Waals surface area contributed by atoms with Crippen molar-refractivity contribution in [1.82, 2.24) is 0 Å². The Labute approximate surface area is 121 Å². The Bertz CT molecular complexity index is 501. The molecule has 19 heavy (non-hydrogen) atoms. The molecular weight excluding hydrogens is 307 g/mol. The molecule has 2 bridgehead atoms. The van der Waals surface area contributed by atoms with Crippen molar-refractivity contribution in [3.05, 3.63) is 29.6 Å². The highest BCUT2D eigenvalue weighted by Gasteiger charge is 2.66. The van der Waals surface area contributed by atoms with Gasteiger partial charge in [-0.1, -0.05) is 22.0 Å². The van der Waals surface area contributed by atoms with Crippen molar-refractivity contribution in [3.8, 4) is 5.75 Å². The maximum absolute atomic E-state index is 13.8. The molecule has 3 heteroatoms. The van der Waals surface area contributed by atoms with E-state index in [0.29, 0.717) is 10.6 Å². The van der Waals surface area contributed by atoms with E-state index in [1.807, 2.05) is 6.07 Å². The van der Waals surface area contributed by atoms with Gasteiger partial charge >= 0.3 is 0 Å². The number of hydrogen-bond donors (Lipinski definition) is 0. The van der Waals surface area contributed by atoms with Crippen LogP contribution in [-0.2, 0) is 0 Å². The zero-order chi connectivity index (χ0) is 13.1. The maximum atomic E-state index is 13.8. The van der Waals surface area contributed by atoms with E-state index in [0.717, 1.165) is 35.2 Å². The number of halogens is 2. The number of methoxy groups -OCH3 is 1. The van der Waals surface area contributed by atoms with Crippen molar-refractivity contribution >= 4 is 15.9 Å². The zero-order valence-corrected chi connectivity index (χ0v) is 12.6. The molecule has 3 fully saturated rings. The second kappa shape index (κ2) is 4.21. The topological polar surface area (TPSA) is 9.23 Å². The summed E-state index contributed by atoms with van der Waals surface area (Å²) in [6.45, 7) is 0. The minimum atomic E-state index is -0.252. The first-order valence-corrected chi connectivity index (χ1v) is 8.09. The number of hydrogen-bond acceptors (Lipinski definition) is 1. The maximum Gasteiger partial charge on any atom is 0.165 e. The quantitative estimate of drug-likeness (QED) is 0.740. The van der Waals surface area contributed by atoms with E-state index in [1.165, 1.54) is 26.4 Å². The first-order chi connectivity index (χ1) is 9.20. The van der Waals surface area contributed by atoms with Gasteiger partial charge in [0.25, 0.3) is 0 Å². The summed E-state index contributed by atoms with van der Waals surface area (Å²) >= 11 is 3.82. The van der Waals surface area contributed by atoms with E-state index in [1.54, 1.807) is 12.1 Å². The third-order valence-electron chi connectivity index (χ3n) is 5.63. The van der Waals surface area contributed by atoms with Gasteiger partial charge in [0.1, 0.15) is 0 Å². The molecule has 0 radical (unpaired) electrons. The fraction of sp³-hybridized carbons (Fsp3) is 0.625. The molecule has 0 saturated heterocycles. The summed E-state index contributed by atoms with van der Waals surface area (Å²) in [7, 11) is 1.51. The molecule has 1 aromatic rings. The highest BCUT2D eigenvalue weighted by molar-refractivity contribution is 9.09. The van der Waals surface area contributed by atoms with Crippen molar-refractivity contribution in [2.45, 2.75) is 24.1 Å². The average Bonchev–Trinajstić information content (AvgIpc) is 2.85. The molecular formula is C16H18BrFO. The van der Waals surface area contributed by atoms with E-state index >= 15 is 0 Å². The molecule has 3 aliphatic carbocycles. The fourth-order valence-electron chi connectivity index (χ4n) is 4.86. The third kappa shape index (κ3) is 1.70. The highest BCUT2D eigenvalue weighted by Crippen LogP contribution is 2.73. The van der Waals surface area contributed by atoms with Crippen molar-refractivity contribution in [2.24, 2.45) is 29.6 Å². The van der Waals surface area contributed by atoms with Crippen LogP contribution in [0.3, 0.4) is 0 Å². The Kier molecular flexibility index (Phi) is 2.70. The summed E-state index contributed by atoms with van der Waals surface area (Å²) in [5, 5.41) is 0. The second-order valence-electron chi connectivity index (χ2n) is 6.36. The first kappa shape index (κ1) is 12.2. The molecule has 4 rings (SSSR count). The normalized spacial score (nSPS) is 40.1. The molecule has 102 valence electrons. The summed E-state index contributed by atoms with van der Waals surface area (Å²) < 4.78 is 18.8. The molecule has 3 saturated carbocycles. The Balaban J connectivity index is 1.56. The average molecular weight is 325 g/mol. The standard InChI is InChI=1S/C16H18BrFO/c1-19-12-5-4-10(7-11(12)18)16(17)15-13-8-2-3-9(6-8)14(13)15/h4-5,7-9,13-16H,2-3,6H2,1H3. The van der Waals surface area contributed by atoms with Gasteiger partial charge in [-0.25, -0.2) is 4.39 Å². The lowest BCUT2D eigenvalue weighted by Gasteiger charge is -2.15. The first-order valence-electron chi connectivity index (χ1n) is 7.18. The van der Waals surface area contributed by atoms with Gasteiger partial charge in [0.05, 0.1) is 7.11 Å². The van der Waals surface area contributed by atoms with E-state index in [2.05, 4.69) is 15.9 Å². The molecule has 1 nitrogen and oxygen atoms in total. The molecule has 1 aromatic carbocycles. The molecule has 0 heterocycles. The molecule has 5 atom stereocenters. The molecule has 0 spiro atoms. The molecule has 5 unspecified atom stereocenters. The third-order valence-corrected chi connectivity index (χ3v) is 6.77. The van der Waals surface area contributed by atoms with Crippen molar-refractivity contribution < 1.29 is 9.13 Å². The van der Waals surface area contributed by atoms with Gasteiger partial charge < -0.3 is 4.74 Å². The highest BCUT2D eigenvalue weighted by atomic mass is 79.9. The van der Waals surface area contributed by atoms with Crippen LogP contribution in [0.15, 0.2) is 18.2 Å². The smallest absolute Gasteiger partial charge is 0.165 e. The molecule has 0 N–H and O–H groups in total. The van der Waals surface area contributed by atoms with Crippen LogP contribution in [0.1, 0.15) is 29.7 Å². The van der Waals surface area contributed by atoms with Gasteiger partial charge in [0.15, 0.2) is 11.6 Å². The summed E-state index contributed by atoms with van der Waals surface area (Å²) in [6.07, 6.45) is 4.32. The summed E-state index contributed by atoms with van der Waals surface area (Å²) in [4.78, 5) is 0.311. The zero-order valence-electron chi connectivity index (χ0n) is 11.0. The van der Waals surface area contributed by atoms with E-state index < -0.39 is 0 Å². The SMILES string of the molecule is COc1ccc(C(Br)C2C3C4CCC(C4)C32)cc1F. The van der Waals surface area contributed by atoms with Crippen molar-refractivity contribution in [3.63, 3.8) is 0 Å². The summed E-state index contributed by atoms with van der Waals surface area (Å²) in [5.41, 5.74) is 1.07. The molecule has 3 aliphatic rings. The predicted octanol–water partition coefficient (Wildman–Crippen LogP) is 4.56. The number of ether oxygens (including phenoxy) is 1. The van der Waals surface area contributed by atoms with Crippen molar-refractivity contribution in [2.75, 3.05) is 7.11 Å². The number of rotatable bonds is 3. The minimum absolute atomic E-state index is 0.252. The summed E-state index contributed by atoms with van der Waals surface area (Å²) in [5.74, 6) is 4.56. The van der Waals surface area contributed by atoms with Crippen LogP contribution in [0.5, 0.6) is 5.75 Å². The Morgan fingerprint density at radius 1 is 1.26 bits per heavy atom. The van der Waals surface area contributed by atoms with Gasteiger partial charge in [0.2, 0.25) is 0 Å². The predicted molar refractivity (Wildman–Crippen MR) is 75.9 cm³/mol. The van der Waals surface area contributed by atoms with Crippen LogP contribution < -0.4 is 4.74 Å². The largest absolute Gasteiger partial charge is 0.494 e.